The summed E-state index contributed by atoms with van der Waals surface area (Å²) < 4.78 is 10.8. The van der Waals surface area contributed by atoms with Crippen LogP contribution in [-0.4, -0.2) is 64.3 Å². The van der Waals surface area contributed by atoms with Crippen molar-refractivity contribution in [2.24, 2.45) is 10.4 Å². The highest BCUT2D eigenvalue weighted by molar-refractivity contribution is 5.86. The van der Waals surface area contributed by atoms with Crippen molar-refractivity contribution in [3.05, 3.63) is 29.8 Å². The molecule has 0 aliphatic rings. The molecule has 0 saturated heterocycles. The number of benzene rings is 1. The van der Waals surface area contributed by atoms with E-state index in [-0.39, 0.29) is 24.0 Å². The van der Waals surface area contributed by atoms with Gasteiger partial charge in [-0.25, -0.2) is 4.99 Å². The topological polar surface area (TPSA) is 75.2 Å². The van der Waals surface area contributed by atoms with E-state index >= 15 is 0 Å². The minimum atomic E-state index is -0.0203. The first-order valence-electron chi connectivity index (χ1n) is 9.05. The number of hydrogen-bond donors (Lipinski definition) is 2. The molecule has 1 atom stereocenters. The number of nitrogens with one attached hydrogen (secondary N) is 2. The maximum absolute atomic E-state index is 11.9. The summed E-state index contributed by atoms with van der Waals surface area (Å²) in [5, 5.41) is 6.37. The van der Waals surface area contributed by atoms with Crippen molar-refractivity contribution in [3.63, 3.8) is 0 Å². The van der Waals surface area contributed by atoms with Crippen LogP contribution in [0.15, 0.2) is 29.3 Å². The number of nitrogens with zero attached hydrogens (tertiary/aromatic N) is 2. The number of methoxy groups -OCH3 is 2. The van der Waals surface area contributed by atoms with Crippen molar-refractivity contribution in [3.8, 4) is 5.75 Å². The molecule has 0 saturated carbocycles. The van der Waals surface area contributed by atoms with E-state index in [1.54, 1.807) is 33.2 Å². The molecule has 2 N–H and O–H groups in total. The molecule has 0 aromatic heterocycles. The molecule has 0 aliphatic heterocycles. The molecule has 1 amide bonds. The molecule has 0 spiro atoms. The summed E-state index contributed by atoms with van der Waals surface area (Å²) in [5.74, 6) is 1.37. The molecule has 7 nitrogen and oxygen atoms in total. The number of amides is 1. The van der Waals surface area contributed by atoms with Crippen molar-refractivity contribution in [1.82, 2.24) is 15.5 Å². The summed E-state index contributed by atoms with van der Waals surface area (Å²) in [5.41, 5.74) is 1.04. The zero-order valence-corrected chi connectivity index (χ0v) is 17.6. The lowest BCUT2D eigenvalue weighted by Crippen LogP contribution is -2.47. The smallest absolute Gasteiger partial charge is 0.241 e. The molecule has 0 bridgehead atoms. The van der Waals surface area contributed by atoms with Crippen LogP contribution in [0.1, 0.15) is 26.3 Å². The van der Waals surface area contributed by atoms with Gasteiger partial charge in [-0.3, -0.25) is 4.79 Å². The molecule has 7 heteroatoms. The Morgan fingerprint density at radius 2 is 1.78 bits per heavy atom. The van der Waals surface area contributed by atoms with Gasteiger partial charge in [-0.05, 0) is 23.1 Å². The van der Waals surface area contributed by atoms with Crippen LogP contribution in [-0.2, 0) is 16.1 Å². The fraction of sp³-hybridized carbons (Fsp3) is 0.600. The summed E-state index contributed by atoms with van der Waals surface area (Å²) in [4.78, 5) is 18.0. The molecule has 0 heterocycles. The maximum atomic E-state index is 11.9. The van der Waals surface area contributed by atoms with Gasteiger partial charge in [-0.2, -0.15) is 0 Å². The minimum Gasteiger partial charge on any atom is -0.497 e. The number of carbonyl (C=O) groups excluding carboxylic acids is 1. The number of guanidine groups is 1. The van der Waals surface area contributed by atoms with Crippen molar-refractivity contribution in [1.29, 1.82) is 0 Å². The molecule has 1 unspecified atom stereocenters. The zero-order valence-electron chi connectivity index (χ0n) is 17.6. The van der Waals surface area contributed by atoms with Crippen molar-refractivity contribution in [2.45, 2.75) is 33.4 Å². The van der Waals surface area contributed by atoms with Gasteiger partial charge in [0.05, 0.1) is 26.3 Å². The van der Waals surface area contributed by atoms with E-state index in [0.29, 0.717) is 19.0 Å². The highest BCUT2D eigenvalue weighted by Crippen LogP contribution is 2.20. The van der Waals surface area contributed by atoms with Crippen molar-refractivity contribution >= 4 is 11.9 Å². The van der Waals surface area contributed by atoms with E-state index in [2.05, 4.69) is 36.4 Å². The monoisotopic (exact) mass is 378 g/mol. The first-order chi connectivity index (χ1) is 12.7. The Morgan fingerprint density at radius 3 is 2.26 bits per heavy atom. The number of likely N-dealkylation sites (N-methyl/N-ethyl adjacent to an activating group) is 1. The Morgan fingerprint density at radius 1 is 1.15 bits per heavy atom. The largest absolute Gasteiger partial charge is 0.497 e. The second-order valence-electron chi connectivity index (χ2n) is 7.63. The van der Waals surface area contributed by atoms with Gasteiger partial charge in [0.2, 0.25) is 5.91 Å². The Kier molecular flexibility index (Phi) is 9.08. The van der Waals surface area contributed by atoms with Gasteiger partial charge >= 0.3 is 0 Å². The molecular weight excluding hydrogens is 344 g/mol. The van der Waals surface area contributed by atoms with Gasteiger partial charge in [0.25, 0.3) is 0 Å². The van der Waals surface area contributed by atoms with E-state index in [4.69, 9.17) is 9.47 Å². The van der Waals surface area contributed by atoms with Crippen LogP contribution in [0, 0.1) is 5.41 Å². The Labute approximate surface area is 163 Å². The number of carbonyl (C=O) groups is 1. The van der Waals surface area contributed by atoms with Crippen LogP contribution < -0.4 is 15.4 Å². The van der Waals surface area contributed by atoms with Crippen LogP contribution in [0.2, 0.25) is 0 Å². The van der Waals surface area contributed by atoms with Crippen LogP contribution >= 0.6 is 0 Å². The number of rotatable bonds is 8. The van der Waals surface area contributed by atoms with Crippen molar-refractivity contribution in [2.75, 3.05) is 41.4 Å². The summed E-state index contributed by atoms with van der Waals surface area (Å²) in [6, 6.07) is 7.75. The van der Waals surface area contributed by atoms with Gasteiger partial charge in [0.1, 0.15) is 5.75 Å². The Bertz CT molecular complexity index is 607. The van der Waals surface area contributed by atoms with E-state index in [1.165, 1.54) is 0 Å². The SMILES string of the molecule is COc1ccc(CN=C(NCC(=O)N(C)C)NCC(OC)C(C)(C)C)cc1. The predicted octanol–water partition coefficient (Wildman–Crippen LogP) is 1.88. The van der Waals surface area contributed by atoms with E-state index in [0.717, 1.165) is 11.3 Å². The normalized spacial score (nSPS) is 13.1. The second-order valence-corrected chi connectivity index (χ2v) is 7.63. The quantitative estimate of drug-likeness (QED) is 0.534. The molecule has 1 aromatic carbocycles. The van der Waals surface area contributed by atoms with Gasteiger partial charge in [0.15, 0.2) is 5.96 Å². The molecule has 152 valence electrons. The standard InChI is InChI=1S/C20H34N4O3/c1-20(2,3)17(27-7)13-22-19(23-14-18(25)24(4)5)21-12-15-8-10-16(26-6)11-9-15/h8-11,17H,12-14H2,1-7H3,(H2,21,22,23). The van der Waals surface area contributed by atoms with E-state index in [9.17, 15) is 4.79 Å². The lowest BCUT2D eigenvalue weighted by Gasteiger charge is -2.30. The number of hydrogen-bond acceptors (Lipinski definition) is 4. The van der Waals surface area contributed by atoms with Gasteiger partial charge in [0, 0.05) is 27.7 Å². The summed E-state index contributed by atoms with van der Waals surface area (Å²) >= 11 is 0. The van der Waals surface area contributed by atoms with Crippen molar-refractivity contribution < 1.29 is 14.3 Å². The maximum Gasteiger partial charge on any atom is 0.241 e. The molecule has 0 radical (unpaired) electrons. The molecule has 1 rings (SSSR count). The van der Waals surface area contributed by atoms with Gasteiger partial charge < -0.3 is 25.0 Å². The van der Waals surface area contributed by atoms with Gasteiger partial charge in [-0.1, -0.05) is 32.9 Å². The highest BCUT2D eigenvalue weighted by atomic mass is 16.5. The van der Waals surface area contributed by atoms with Crippen LogP contribution in [0.25, 0.3) is 0 Å². The minimum absolute atomic E-state index is 0.00929. The number of ether oxygens (including phenoxy) is 2. The lowest BCUT2D eigenvalue weighted by molar-refractivity contribution is -0.127. The van der Waals surface area contributed by atoms with E-state index in [1.807, 2.05) is 24.3 Å². The molecule has 1 aromatic rings. The lowest BCUT2D eigenvalue weighted by atomic mass is 9.89. The molecule has 0 aliphatic carbocycles. The number of aliphatic imine (C=N–C) groups is 1. The first-order valence-corrected chi connectivity index (χ1v) is 9.05. The predicted molar refractivity (Wildman–Crippen MR) is 109 cm³/mol. The summed E-state index contributed by atoms with van der Waals surface area (Å²) in [6.07, 6.45) is 0.00929. The third kappa shape index (κ3) is 8.30. The third-order valence-electron chi connectivity index (χ3n) is 4.19. The van der Waals surface area contributed by atoms with E-state index < -0.39 is 0 Å². The van der Waals surface area contributed by atoms with Crippen LogP contribution in [0.4, 0.5) is 0 Å². The second kappa shape index (κ2) is 10.8. The molecule has 0 fully saturated rings. The first kappa shape index (κ1) is 22.8. The average Bonchev–Trinajstić information content (AvgIpc) is 2.62. The zero-order chi connectivity index (χ0) is 20.4. The fourth-order valence-corrected chi connectivity index (χ4v) is 2.33. The average molecular weight is 379 g/mol. The highest BCUT2D eigenvalue weighted by Gasteiger charge is 2.24. The third-order valence-corrected chi connectivity index (χ3v) is 4.19. The van der Waals surface area contributed by atoms with Crippen LogP contribution in [0.3, 0.4) is 0 Å². The molecular formula is C20H34N4O3. The molecule has 27 heavy (non-hydrogen) atoms. The van der Waals surface area contributed by atoms with Crippen LogP contribution in [0.5, 0.6) is 5.75 Å². The Hall–Kier alpha value is -2.28. The summed E-state index contributed by atoms with van der Waals surface area (Å²) in [7, 11) is 6.80. The fourth-order valence-electron chi connectivity index (χ4n) is 2.33. The van der Waals surface area contributed by atoms with Gasteiger partial charge in [-0.15, -0.1) is 0 Å². The Balaban J connectivity index is 2.80. The summed E-state index contributed by atoms with van der Waals surface area (Å²) in [6.45, 7) is 7.63.